The molecule has 0 saturated heterocycles. The van der Waals surface area contributed by atoms with Crippen LogP contribution in [0.4, 0.5) is 0 Å². The van der Waals surface area contributed by atoms with Crippen molar-refractivity contribution in [2.24, 2.45) is 9.98 Å². The predicted octanol–water partition coefficient (Wildman–Crippen LogP) is 2.36. The Morgan fingerprint density at radius 1 is 1.18 bits per heavy atom. The first-order valence-corrected chi connectivity index (χ1v) is 3.23. The van der Waals surface area contributed by atoms with Crippen LogP contribution in [0.15, 0.2) is 46.2 Å². The maximum absolute atomic E-state index is 3.76. The largest absolute Gasteiger partial charge is 0.263 e. The van der Waals surface area contributed by atoms with Gasteiger partial charge in [0.1, 0.15) is 0 Å². The van der Waals surface area contributed by atoms with Crippen LogP contribution in [0.5, 0.6) is 0 Å². The second kappa shape index (κ2) is 5.35. The van der Waals surface area contributed by atoms with Gasteiger partial charge in [-0.1, -0.05) is 18.7 Å². The molecule has 0 radical (unpaired) electrons. The fourth-order valence-corrected chi connectivity index (χ4v) is 0.651. The van der Waals surface area contributed by atoms with Gasteiger partial charge in [0.2, 0.25) is 0 Å². The van der Waals surface area contributed by atoms with E-state index in [9.17, 15) is 0 Å². The van der Waals surface area contributed by atoms with E-state index >= 15 is 0 Å². The van der Waals surface area contributed by atoms with Crippen molar-refractivity contribution < 1.29 is 0 Å². The van der Waals surface area contributed by atoms with Crippen molar-refractivity contribution in [2.75, 3.05) is 0 Å². The maximum atomic E-state index is 3.76. The molecule has 0 amide bonds. The van der Waals surface area contributed by atoms with Gasteiger partial charge in [-0.15, -0.1) is 0 Å². The predicted molar refractivity (Wildman–Crippen MR) is 51.1 cm³/mol. The summed E-state index contributed by atoms with van der Waals surface area (Å²) in [6.07, 6.45) is 5.19. The van der Waals surface area contributed by atoms with Gasteiger partial charge in [-0.25, -0.2) is 0 Å². The van der Waals surface area contributed by atoms with Gasteiger partial charge in [0.15, 0.2) is 0 Å². The highest BCUT2D eigenvalue weighted by atomic mass is 14.8. The Hall–Kier alpha value is -1.44. The minimum absolute atomic E-state index is 0.692. The molecule has 0 aliphatic rings. The second-order valence-corrected chi connectivity index (χ2v) is 1.78. The lowest BCUT2D eigenvalue weighted by molar-refractivity contribution is 1.25. The third kappa shape index (κ3) is 2.76. The third-order valence-corrected chi connectivity index (χ3v) is 1.15. The van der Waals surface area contributed by atoms with Crippen molar-refractivity contribution in [2.45, 2.75) is 6.92 Å². The summed E-state index contributed by atoms with van der Waals surface area (Å²) in [4.78, 5) is 7.52. The van der Waals surface area contributed by atoms with Crippen molar-refractivity contribution in [3.63, 3.8) is 0 Å². The topological polar surface area (TPSA) is 24.7 Å². The lowest BCUT2D eigenvalue weighted by Gasteiger charge is -1.97. The molecular weight excluding hydrogens is 136 g/mol. The standard InChI is InChI=1S/C9H12N2/c1-5-7-9(11-4)8(6-2)10-3/h5-7H,1,3-4H2,2H3/b8-6+,9-7+. The maximum Gasteiger partial charge on any atom is 0.0874 e. The summed E-state index contributed by atoms with van der Waals surface area (Å²) < 4.78 is 0. The highest BCUT2D eigenvalue weighted by molar-refractivity contribution is 5.43. The molecule has 58 valence electrons. The first-order valence-electron chi connectivity index (χ1n) is 3.23. The van der Waals surface area contributed by atoms with Crippen LogP contribution >= 0.6 is 0 Å². The first kappa shape index (κ1) is 9.56. The van der Waals surface area contributed by atoms with Gasteiger partial charge in [-0.05, 0) is 26.4 Å². The molecule has 2 nitrogen and oxygen atoms in total. The van der Waals surface area contributed by atoms with Crippen LogP contribution < -0.4 is 0 Å². The zero-order valence-electron chi connectivity index (χ0n) is 6.75. The molecule has 0 heterocycles. The Morgan fingerprint density at radius 3 is 2.00 bits per heavy atom. The van der Waals surface area contributed by atoms with E-state index < -0.39 is 0 Å². The molecule has 0 spiro atoms. The zero-order valence-corrected chi connectivity index (χ0v) is 6.75. The first-order chi connectivity index (χ1) is 5.29. The molecular formula is C9H12N2. The lowest BCUT2D eigenvalue weighted by atomic mass is 10.3. The Kier molecular flexibility index (Phi) is 4.65. The Labute approximate surface area is 67.4 Å². The fraction of sp³-hybridized carbons (Fsp3) is 0.111. The van der Waals surface area contributed by atoms with Crippen LogP contribution in [-0.2, 0) is 0 Å². The smallest absolute Gasteiger partial charge is 0.0874 e. The summed E-state index contributed by atoms with van der Waals surface area (Å²) >= 11 is 0. The molecule has 0 fully saturated rings. The Bertz CT molecular complexity index is 222. The third-order valence-electron chi connectivity index (χ3n) is 1.15. The molecule has 0 atom stereocenters. The van der Waals surface area contributed by atoms with Gasteiger partial charge >= 0.3 is 0 Å². The number of nitrogens with zero attached hydrogens (tertiary/aromatic N) is 2. The van der Waals surface area contributed by atoms with E-state index in [4.69, 9.17) is 0 Å². The van der Waals surface area contributed by atoms with Crippen molar-refractivity contribution in [1.82, 2.24) is 0 Å². The summed E-state index contributed by atoms with van der Waals surface area (Å²) in [6, 6.07) is 0. The molecule has 0 bridgehead atoms. The van der Waals surface area contributed by atoms with Crippen LogP contribution in [0.3, 0.4) is 0 Å². The van der Waals surface area contributed by atoms with E-state index in [-0.39, 0.29) is 0 Å². The molecule has 0 saturated carbocycles. The van der Waals surface area contributed by atoms with E-state index in [1.807, 2.05) is 13.0 Å². The van der Waals surface area contributed by atoms with Crippen LogP contribution in [0.2, 0.25) is 0 Å². The number of allylic oxidation sites excluding steroid dienone is 3. The second-order valence-electron chi connectivity index (χ2n) is 1.78. The van der Waals surface area contributed by atoms with E-state index in [0.717, 1.165) is 5.70 Å². The average molecular weight is 148 g/mol. The summed E-state index contributed by atoms with van der Waals surface area (Å²) in [6.45, 7) is 12.2. The summed E-state index contributed by atoms with van der Waals surface area (Å²) in [5, 5.41) is 0. The van der Waals surface area contributed by atoms with Crippen molar-refractivity contribution in [3.8, 4) is 0 Å². The molecule has 0 aromatic rings. The van der Waals surface area contributed by atoms with Crippen LogP contribution in [-0.4, -0.2) is 13.4 Å². The summed E-state index contributed by atoms with van der Waals surface area (Å²) in [5.41, 5.74) is 1.41. The van der Waals surface area contributed by atoms with E-state index in [0.29, 0.717) is 5.70 Å². The van der Waals surface area contributed by atoms with Crippen LogP contribution in [0.1, 0.15) is 6.92 Å². The minimum atomic E-state index is 0.692. The Balaban J connectivity index is 4.75. The van der Waals surface area contributed by atoms with Gasteiger partial charge in [0.05, 0.1) is 11.4 Å². The fourth-order valence-electron chi connectivity index (χ4n) is 0.651. The van der Waals surface area contributed by atoms with Gasteiger partial charge in [0, 0.05) is 0 Å². The van der Waals surface area contributed by atoms with Crippen molar-refractivity contribution in [3.05, 3.63) is 36.2 Å². The average Bonchev–Trinajstić information content (AvgIpc) is 2.05. The minimum Gasteiger partial charge on any atom is -0.263 e. The summed E-state index contributed by atoms with van der Waals surface area (Å²) in [7, 11) is 0. The number of rotatable bonds is 4. The van der Waals surface area contributed by atoms with Crippen molar-refractivity contribution >= 4 is 13.4 Å². The summed E-state index contributed by atoms with van der Waals surface area (Å²) in [5.74, 6) is 0. The quantitative estimate of drug-likeness (QED) is 0.432. The number of aliphatic imine (C=N–C) groups is 2. The highest BCUT2D eigenvalue weighted by Gasteiger charge is 1.95. The lowest BCUT2D eigenvalue weighted by Crippen LogP contribution is -1.80. The number of hydrogen-bond acceptors (Lipinski definition) is 2. The SMILES string of the molecule is C=C/C=C(N=C)\C(=C/C)N=C. The van der Waals surface area contributed by atoms with E-state index in [2.05, 4.69) is 30.0 Å². The van der Waals surface area contributed by atoms with Gasteiger partial charge in [-0.2, -0.15) is 0 Å². The molecule has 0 aromatic carbocycles. The number of hydrogen-bond donors (Lipinski definition) is 0. The van der Waals surface area contributed by atoms with Gasteiger partial charge < -0.3 is 0 Å². The molecule has 11 heavy (non-hydrogen) atoms. The van der Waals surface area contributed by atoms with E-state index in [1.54, 1.807) is 12.2 Å². The van der Waals surface area contributed by atoms with E-state index in [1.165, 1.54) is 0 Å². The molecule has 0 aromatic heterocycles. The van der Waals surface area contributed by atoms with Gasteiger partial charge in [-0.3, -0.25) is 9.98 Å². The molecule has 0 unspecified atom stereocenters. The highest BCUT2D eigenvalue weighted by Crippen LogP contribution is 2.11. The van der Waals surface area contributed by atoms with Gasteiger partial charge in [0.25, 0.3) is 0 Å². The van der Waals surface area contributed by atoms with Crippen LogP contribution in [0.25, 0.3) is 0 Å². The molecule has 0 N–H and O–H groups in total. The monoisotopic (exact) mass is 148 g/mol. The molecule has 0 rings (SSSR count). The van der Waals surface area contributed by atoms with Crippen molar-refractivity contribution in [1.29, 1.82) is 0 Å². The molecule has 0 aliphatic heterocycles. The normalized spacial score (nSPS) is 12.5. The van der Waals surface area contributed by atoms with Crippen LogP contribution in [0, 0.1) is 0 Å². The molecule has 2 heteroatoms. The Morgan fingerprint density at radius 2 is 1.73 bits per heavy atom. The zero-order chi connectivity index (χ0) is 8.69. The molecule has 0 aliphatic carbocycles.